The van der Waals surface area contributed by atoms with Gasteiger partial charge in [0.05, 0.1) is 17.0 Å². The molecule has 6 nitrogen and oxygen atoms in total. The highest BCUT2D eigenvalue weighted by atomic mass is 32.2. The van der Waals surface area contributed by atoms with E-state index in [1.165, 1.54) is 20.2 Å². The number of nitrogens with zero attached hydrogens (tertiary/aromatic N) is 1. The molecule has 0 aliphatic carbocycles. The molecule has 0 aromatic heterocycles. The summed E-state index contributed by atoms with van der Waals surface area (Å²) < 4.78 is 32.0. The Kier molecular flexibility index (Phi) is 7.08. The van der Waals surface area contributed by atoms with E-state index in [2.05, 4.69) is 5.32 Å². The molecule has 0 saturated carbocycles. The zero-order valence-corrected chi connectivity index (χ0v) is 18.9. The Bertz CT molecular complexity index is 981. The van der Waals surface area contributed by atoms with Gasteiger partial charge in [-0.05, 0) is 75.6 Å². The van der Waals surface area contributed by atoms with Gasteiger partial charge in [-0.1, -0.05) is 12.1 Å². The number of aryl methyl sites for hydroxylation is 1. The van der Waals surface area contributed by atoms with Crippen molar-refractivity contribution in [2.75, 3.05) is 14.1 Å². The molecule has 1 atom stereocenters. The van der Waals surface area contributed by atoms with Gasteiger partial charge < -0.3 is 10.1 Å². The van der Waals surface area contributed by atoms with Crippen LogP contribution in [-0.4, -0.2) is 38.8 Å². The van der Waals surface area contributed by atoms with Gasteiger partial charge in [0.15, 0.2) is 0 Å². The number of carbonyl (C=O) groups is 1. The molecule has 0 radical (unpaired) electrons. The van der Waals surface area contributed by atoms with Gasteiger partial charge in [0.2, 0.25) is 10.0 Å². The number of carbonyl (C=O) groups excluding carboxylic acids is 1. The SMILES string of the molecule is Cc1cc(C(=O)NC(C)c2ccc(OC(C)C)cc2)cc(S(=O)(=O)N(C)C)c1C. The average molecular weight is 419 g/mol. The van der Waals surface area contributed by atoms with E-state index >= 15 is 0 Å². The van der Waals surface area contributed by atoms with E-state index in [1.807, 2.05) is 45.0 Å². The van der Waals surface area contributed by atoms with Gasteiger partial charge in [-0.25, -0.2) is 12.7 Å². The van der Waals surface area contributed by atoms with E-state index in [0.29, 0.717) is 11.1 Å². The third-order valence-corrected chi connectivity index (χ3v) is 6.68. The first kappa shape index (κ1) is 22.9. The molecule has 158 valence electrons. The zero-order chi connectivity index (χ0) is 21.9. The maximum atomic E-state index is 12.8. The van der Waals surface area contributed by atoms with Crippen LogP contribution in [0.5, 0.6) is 5.75 Å². The van der Waals surface area contributed by atoms with Crippen LogP contribution in [0.4, 0.5) is 0 Å². The molecule has 2 aromatic rings. The van der Waals surface area contributed by atoms with Gasteiger partial charge in [0.1, 0.15) is 5.75 Å². The average Bonchev–Trinajstić information content (AvgIpc) is 2.63. The van der Waals surface area contributed by atoms with Gasteiger partial charge in [-0.15, -0.1) is 0 Å². The van der Waals surface area contributed by atoms with Crippen molar-refractivity contribution in [2.24, 2.45) is 0 Å². The van der Waals surface area contributed by atoms with E-state index in [-0.39, 0.29) is 22.9 Å². The van der Waals surface area contributed by atoms with Crippen LogP contribution in [0.25, 0.3) is 0 Å². The third kappa shape index (κ3) is 5.36. The molecular weight excluding hydrogens is 388 g/mol. The van der Waals surface area contributed by atoms with Crippen LogP contribution in [0.2, 0.25) is 0 Å². The molecule has 1 unspecified atom stereocenters. The van der Waals surface area contributed by atoms with Crippen LogP contribution in [0.1, 0.15) is 53.9 Å². The Morgan fingerprint density at radius 1 is 1.03 bits per heavy atom. The molecule has 0 heterocycles. The van der Waals surface area contributed by atoms with E-state index in [4.69, 9.17) is 4.74 Å². The lowest BCUT2D eigenvalue weighted by molar-refractivity contribution is 0.0939. The summed E-state index contributed by atoms with van der Waals surface area (Å²) in [5.74, 6) is 0.452. The van der Waals surface area contributed by atoms with Gasteiger partial charge >= 0.3 is 0 Å². The lowest BCUT2D eigenvalue weighted by atomic mass is 10.0. The molecule has 1 N–H and O–H groups in total. The summed E-state index contributed by atoms with van der Waals surface area (Å²) in [5, 5.41) is 2.94. The van der Waals surface area contributed by atoms with Crippen LogP contribution < -0.4 is 10.1 Å². The second kappa shape index (κ2) is 8.97. The lowest BCUT2D eigenvalue weighted by Gasteiger charge is -2.18. The predicted molar refractivity (Wildman–Crippen MR) is 115 cm³/mol. The van der Waals surface area contributed by atoms with E-state index in [1.54, 1.807) is 19.9 Å². The highest BCUT2D eigenvalue weighted by molar-refractivity contribution is 7.89. The monoisotopic (exact) mass is 418 g/mol. The van der Waals surface area contributed by atoms with Gasteiger partial charge in [-0.2, -0.15) is 0 Å². The Balaban J connectivity index is 2.25. The maximum absolute atomic E-state index is 12.8. The second-order valence-corrected chi connectivity index (χ2v) is 9.75. The van der Waals surface area contributed by atoms with Crippen molar-refractivity contribution < 1.29 is 17.9 Å². The Labute approximate surface area is 173 Å². The Morgan fingerprint density at radius 3 is 2.14 bits per heavy atom. The number of benzene rings is 2. The van der Waals surface area contributed by atoms with Crippen LogP contribution >= 0.6 is 0 Å². The molecule has 0 aliphatic rings. The van der Waals surface area contributed by atoms with Crippen LogP contribution in [0.3, 0.4) is 0 Å². The van der Waals surface area contributed by atoms with Crippen molar-refractivity contribution in [2.45, 2.75) is 51.7 Å². The van der Waals surface area contributed by atoms with Crippen LogP contribution in [0.15, 0.2) is 41.3 Å². The fourth-order valence-electron chi connectivity index (χ4n) is 2.89. The molecule has 0 aliphatic heterocycles. The first-order valence-corrected chi connectivity index (χ1v) is 11.0. The molecule has 2 aromatic carbocycles. The molecule has 29 heavy (non-hydrogen) atoms. The van der Waals surface area contributed by atoms with Crippen molar-refractivity contribution in [3.05, 3.63) is 58.7 Å². The molecule has 1 amide bonds. The minimum Gasteiger partial charge on any atom is -0.491 e. The molecule has 7 heteroatoms. The fourth-order valence-corrected chi connectivity index (χ4v) is 4.11. The van der Waals surface area contributed by atoms with Gasteiger partial charge in [0, 0.05) is 19.7 Å². The number of nitrogens with one attached hydrogen (secondary N) is 1. The number of hydrogen-bond acceptors (Lipinski definition) is 4. The summed E-state index contributed by atoms with van der Waals surface area (Å²) in [6.07, 6.45) is 0.0930. The maximum Gasteiger partial charge on any atom is 0.251 e. The summed E-state index contributed by atoms with van der Waals surface area (Å²) in [6, 6.07) is 10.5. The van der Waals surface area contributed by atoms with Crippen molar-refractivity contribution >= 4 is 15.9 Å². The summed E-state index contributed by atoms with van der Waals surface area (Å²) in [5.41, 5.74) is 2.64. The summed E-state index contributed by atoms with van der Waals surface area (Å²) in [7, 11) is -0.687. The standard InChI is InChI=1S/C22H30N2O4S/c1-14(2)28-20-10-8-18(9-11-20)17(5)23-22(25)19-12-15(3)16(4)21(13-19)29(26,27)24(6)7/h8-14,17H,1-7H3,(H,23,25). The van der Waals surface area contributed by atoms with Crippen molar-refractivity contribution in [1.29, 1.82) is 0 Å². The topological polar surface area (TPSA) is 75.7 Å². The fraction of sp³-hybridized carbons (Fsp3) is 0.409. The lowest BCUT2D eigenvalue weighted by Crippen LogP contribution is -2.28. The van der Waals surface area contributed by atoms with E-state index in [0.717, 1.165) is 21.2 Å². The molecule has 2 rings (SSSR count). The first-order chi connectivity index (χ1) is 13.4. The van der Waals surface area contributed by atoms with Gasteiger partial charge in [-0.3, -0.25) is 4.79 Å². The summed E-state index contributed by atoms with van der Waals surface area (Å²) in [4.78, 5) is 13.0. The second-order valence-electron chi connectivity index (χ2n) is 7.63. The molecule has 0 fully saturated rings. The zero-order valence-electron chi connectivity index (χ0n) is 18.1. The van der Waals surface area contributed by atoms with Crippen LogP contribution in [-0.2, 0) is 10.0 Å². The molecule has 0 spiro atoms. The number of rotatable bonds is 7. The van der Waals surface area contributed by atoms with Crippen molar-refractivity contribution in [3.63, 3.8) is 0 Å². The minimum absolute atomic E-state index is 0.0930. The van der Waals surface area contributed by atoms with E-state index < -0.39 is 10.0 Å². The minimum atomic E-state index is -3.64. The molecule has 0 bridgehead atoms. The van der Waals surface area contributed by atoms with Crippen molar-refractivity contribution in [1.82, 2.24) is 9.62 Å². The summed E-state index contributed by atoms with van der Waals surface area (Å²) >= 11 is 0. The molecule has 0 saturated heterocycles. The van der Waals surface area contributed by atoms with Crippen LogP contribution in [0, 0.1) is 13.8 Å². The highest BCUT2D eigenvalue weighted by Crippen LogP contribution is 2.24. The predicted octanol–water partition coefficient (Wildman–Crippen LogP) is 3.83. The third-order valence-electron chi connectivity index (χ3n) is 4.74. The quantitative estimate of drug-likeness (QED) is 0.741. The largest absolute Gasteiger partial charge is 0.491 e. The van der Waals surface area contributed by atoms with Gasteiger partial charge in [0.25, 0.3) is 5.91 Å². The summed E-state index contributed by atoms with van der Waals surface area (Å²) in [6.45, 7) is 9.36. The normalized spacial score (nSPS) is 12.9. The van der Waals surface area contributed by atoms with Crippen molar-refractivity contribution in [3.8, 4) is 5.75 Å². The Morgan fingerprint density at radius 2 is 1.62 bits per heavy atom. The van der Waals surface area contributed by atoms with E-state index in [9.17, 15) is 13.2 Å². The Hall–Kier alpha value is -2.38. The number of amides is 1. The number of ether oxygens (including phenoxy) is 1. The first-order valence-electron chi connectivity index (χ1n) is 9.54. The number of sulfonamides is 1. The smallest absolute Gasteiger partial charge is 0.251 e. The molecular formula is C22H30N2O4S. The number of hydrogen-bond donors (Lipinski definition) is 1. The highest BCUT2D eigenvalue weighted by Gasteiger charge is 2.23.